The second kappa shape index (κ2) is 6.77. The number of nitriles is 1. The van der Waals surface area contributed by atoms with Crippen molar-refractivity contribution in [3.63, 3.8) is 0 Å². The summed E-state index contributed by atoms with van der Waals surface area (Å²) in [6.07, 6.45) is 0.183. The first-order chi connectivity index (χ1) is 8.12. The molecule has 17 heavy (non-hydrogen) atoms. The molecule has 0 saturated heterocycles. The highest BCUT2D eigenvalue weighted by atomic mass is 79.9. The highest BCUT2D eigenvalue weighted by molar-refractivity contribution is 9.10. The van der Waals surface area contributed by atoms with Crippen LogP contribution < -0.4 is 0 Å². The van der Waals surface area contributed by atoms with Crippen molar-refractivity contribution in [2.24, 2.45) is 0 Å². The summed E-state index contributed by atoms with van der Waals surface area (Å²) in [4.78, 5) is 11.5. The molecule has 0 atom stereocenters. The maximum absolute atomic E-state index is 11.5. The Morgan fingerprint density at radius 1 is 1.53 bits per heavy atom. The van der Waals surface area contributed by atoms with E-state index in [1.165, 1.54) is 0 Å². The fraction of sp³-hybridized carbons (Fsp3) is 0.333. The molecule has 0 amide bonds. The van der Waals surface area contributed by atoms with Gasteiger partial charge in [-0.3, -0.25) is 4.79 Å². The van der Waals surface area contributed by atoms with E-state index in [-0.39, 0.29) is 12.4 Å². The lowest BCUT2D eigenvalue weighted by atomic mass is 10.0. The summed E-state index contributed by atoms with van der Waals surface area (Å²) in [5.74, 6) is -0.281. The number of hydrogen-bond donors (Lipinski definition) is 0. The summed E-state index contributed by atoms with van der Waals surface area (Å²) in [6.45, 7) is 2.13. The smallest absolute Gasteiger partial charge is 0.310 e. The number of esters is 1. The predicted molar refractivity (Wildman–Crippen MR) is 71.8 cm³/mol. The first-order valence-electron chi connectivity index (χ1n) is 5.05. The molecule has 0 aliphatic rings. The molecule has 90 valence electrons. The summed E-state index contributed by atoms with van der Waals surface area (Å²) < 4.78 is 5.73. The minimum Gasteiger partial charge on any atom is -0.466 e. The first-order valence-corrected chi connectivity index (χ1v) is 6.96. The Hall–Kier alpha value is -0.860. The van der Waals surface area contributed by atoms with Gasteiger partial charge >= 0.3 is 5.97 Å². The van der Waals surface area contributed by atoms with Crippen molar-refractivity contribution in [3.05, 3.63) is 33.3 Å². The number of ether oxygens (including phenoxy) is 1. The van der Waals surface area contributed by atoms with E-state index < -0.39 is 0 Å². The van der Waals surface area contributed by atoms with Gasteiger partial charge < -0.3 is 4.74 Å². The lowest BCUT2D eigenvalue weighted by molar-refractivity contribution is -0.142. The van der Waals surface area contributed by atoms with Crippen LogP contribution in [0.1, 0.15) is 23.6 Å². The van der Waals surface area contributed by atoms with Crippen LogP contribution in [0.15, 0.2) is 16.6 Å². The monoisotopic (exact) mass is 359 g/mol. The van der Waals surface area contributed by atoms with Crippen LogP contribution in [0.5, 0.6) is 0 Å². The third-order valence-electron chi connectivity index (χ3n) is 2.19. The van der Waals surface area contributed by atoms with Crippen molar-refractivity contribution in [1.82, 2.24) is 0 Å². The SMILES string of the molecule is CCOC(=O)Cc1cc(C#N)cc(Br)c1CBr. The van der Waals surface area contributed by atoms with Gasteiger partial charge in [0.1, 0.15) is 0 Å². The molecule has 3 nitrogen and oxygen atoms in total. The van der Waals surface area contributed by atoms with Gasteiger partial charge in [-0.15, -0.1) is 0 Å². The minimum absolute atomic E-state index is 0.183. The fourth-order valence-corrected chi connectivity index (χ4v) is 3.11. The second-order valence-corrected chi connectivity index (χ2v) is 4.74. The van der Waals surface area contributed by atoms with Gasteiger partial charge in [0.25, 0.3) is 0 Å². The summed E-state index contributed by atoms with van der Waals surface area (Å²) >= 11 is 6.76. The molecule has 0 unspecified atom stereocenters. The Labute approximate surface area is 117 Å². The molecule has 0 radical (unpaired) electrons. The van der Waals surface area contributed by atoms with E-state index in [1.807, 2.05) is 0 Å². The highest BCUT2D eigenvalue weighted by Crippen LogP contribution is 2.26. The van der Waals surface area contributed by atoms with Gasteiger partial charge in [0, 0.05) is 9.80 Å². The molecule has 0 aliphatic heterocycles. The van der Waals surface area contributed by atoms with E-state index in [1.54, 1.807) is 19.1 Å². The minimum atomic E-state index is -0.281. The van der Waals surface area contributed by atoms with Crippen LogP contribution in [-0.2, 0) is 21.3 Å². The summed E-state index contributed by atoms with van der Waals surface area (Å²) in [6, 6.07) is 5.53. The van der Waals surface area contributed by atoms with Crippen LogP contribution in [0.25, 0.3) is 0 Å². The number of alkyl halides is 1. The molecule has 0 N–H and O–H groups in total. The Kier molecular flexibility index (Phi) is 5.66. The summed E-state index contributed by atoms with van der Waals surface area (Å²) in [7, 11) is 0. The van der Waals surface area contributed by atoms with Crippen LogP contribution in [0.3, 0.4) is 0 Å². The van der Waals surface area contributed by atoms with E-state index in [4.69, 9.17) is 10.00 Å². The zero-order chi connectivity index (χ0) is 12.8. The maximum atomic E-state index is 11.5. The van der Waals surface area contributed by atoms with E-state index in [0.29, 0.717) is 17.5 Å². The van der Waals surface area contributed by atoms with E-state index in [0.717, 1.165) is 15.6 Å². The van der Waals surface area contributed by atoms with Gasteiger partial charge in [0.2, 0.25) is 0 Å². The molecule has 1 aromatic carbocycles. The van der Waals surface area contributed by atoms with Gasteiger partial charge in [-0.2, -0.15) is 5.26 Å². The maximum Gasteiger partial charge on any atom is 0.310 e. The predicted octanol–water partition coefficient (Wildman–Crippen LogP) is 3.32. The molecule has 0 spiro atoms. The first kappa shape index (κ1) is 14.2. The molecule has 0 heterocycles. The van der Waals surface area contributed by atoms with Crippen LogP contribution in [0, 0.1) is 11.3 Å². The summed E-state index contributed by atoms with van der Waals surface area (Å²) in [5.41, 5.74) is 2.31. The summed E-state index contributed by atoms with van der Waals surface area (Å²) in [5, 5.41) is 9.51. The molecule has 0 aromatic heterocycles. The zero-order valence-electron chi connectivity index (χ0n) is 9.30. The number of carbonyl (C=O) groups is 1. The van der Waals surface area contributed by atoms with Gasteiger partial charge in [0.05, 0.1) is 24.7 Å². The van der Waals surface area contributed by atoms with Gasteiger partial charge in [0.15, 0.2) is 0 Å². The third kappa shape index (κ3) is 3.83. The van der Waals surface area contributed by atoms with E-state index in [2.05, 4.69) is 37.9 Å². The van der Waals surface area contributed by atoms with Crippen LogP contribution in [0.4, 0.5) is 0 Å². The third-order valence-corrected chi connectivity index (χ3v) is 3.46. The molecular weight excluding hydrogens is 350 g/mol. The van der Waals surface area contributed by atoms with Crippen molar-refractivity contribution in [3.8, 4) is 6.07 Å². The van der Waals surface area contributed by atoms with Gasteiger partial charge in [-0.1, -0.05) is 31.9 Å². The number of nitrogens with zero attached hydrogens (tertiary/aromatic N) is 1. The molecule has 1 aromatic rings. The molecular formula is C12H11Br2NO2. The number of halogens is 2. The van der Waals surface area contributed by atoms with Crippen molar-refractivity contribution in [1.29, 1.82) is 5.26 Å². The van der Waals surface area contributed by atoms with Crippen LogP contribution in [0.2, 0.25) is 0 Å². The molecule has 0 bridgehead atoms. The lowest BCUT2D eigenvalue weighted by Gasteiger charge is -2.09. The Bertz CT molecular complexity index is 466. The quantitative estimate of drug-likeness (QED) is 0.611. The van der Waals surface area contributed by atoms with E-state index >= 15 is 0 Å². The Balaban J connectivity index is 3.08. The standard InChI is InChI=1S/C12H11Br2NO2/c1-2-17-12(16)5-9-3-8(7-15)4-11(14)10(9)6-13/h3-4H,2,5-6H2,1H3. The van der Waals surface area contributed by atoms with Crippen molar-refractivity contribution in [2.75, 3.05) is 6.61 Å². The van der Waals surface area contributed by atoms with Crippen molar-refractivity contribution >= 4 is 37.8 Å². The number of rotatable bonds is 4. The van der Waals surface area contributed by atoms with Crippen LogP contribution >= 0.6 is 31.9 Å². The zero-order valence-corrected chi connectivity index (χ0v) is 12.5. The molecule has 0 aliphatic carbocycles. The van der Waals surface area contributed by atoms with Crippen molar-refractivity contribution in [2.45, 2.75) is 18.7 Å². The van der Waals surface area contributed by atoms with Gasteiger partial charge in [-0.05, 0) is 30.2 Å². The number of carbonyl (C=O) groups excluding carboxylic acids is 1. The molecule has 1 rings (SSSR count). The Morgan fingerprint density at radius 2 is 2.24 bits per heavy atom. The average Bonchev–Trinajstić information content (AvgIpc) is 2.28. The van der Waals surface area contributed by atoms with E-state index in [9.17, 15) is 4.79 Å². The molecule has 5 heteroatoms. The van der Waals surface area contributed by atoms with Crippen LogP contribution in [-0.4, -0.2) is 12.6 Å². The normalized spacial score (nSPS) is 9.76. The molecule has 0 fully saturated rings. The Morgan fingerprint density at radius 3 is 2.76 bits per heavy atom. The van der Waals surface area contributed by atoms with Crippen molar-refractivity contribution < 1.29 is 9.53 Å². The van der Waals surface area contributed by atoms with Gasteiger partial charge in [-0.25, -0.2) is 0 Å². The highest BCUT2D eigenvalue weighted by Gasteiger charge is 2.12. The average molecular weight is 361 g/mol. The largest absolute Gasteiger partial charge is 0.466 e. The topological polar surface area (TPSA) is 50.1 Å². The number of hydrogen-bond acceptors (Lipinski definition) is 3. The second-order valence-electron chi connectivity index (χ2n) is 3.32. The lowest BCUT2D eigenvalue weighted by Crippen LogP contribution is -2.09. The molecule has 0 saturated carbocycles. The number of benzene rings is 1. The fourth-order valence-electron chi connectivity index (χ4n) is 1.43.